The van der Waals surface area contributed by atoms with Gasteiger partial charge in [0.25, 0.3) is 0 Å². The third-order valence-electron chi connectivity index (χ3n) is 4.05. The van der Waals surface area contributed by atoms with Crippen LogP contribution in [0.5, 0.6) is 0 Å². The van der Waals surface area contributed by atoms with Crippen molar-refractivity contribution < 1.29 is 5.11 Å². The fourth-order valence-corrected chi connectivity index (χ4v) is 2.80. The van der Waals surface area contributed by atoms with Crippen molar-refractivity contribution in [1.29, 1.82) is 0 Å². The molecule has 20 heavy (non-hydrogen) atoms. The Hall–Kier alpha value is -2.00. The van der Waals surface area contributed by atoms with Gasteiger partial charge in [-0.15, -0.1) is 0 Å². The molecule has 3 nitrogen and oxygen atoms in total. The Balaban J connectivity index is 2.03. The monoisotopic (exact) mass is 268 g/mol. The molecule has 0 saturated carbocycles. The van der Waals surface area contributed by atoms with Gasteiger partial charge in [0.2, 0.25) is 0 Å². The third-order valence-corrected chi connectivity index (χ3v) is 4.05. The van der Waals surface area contributed by atoms with Gasteiger partial charge in [-0.3, -0.25) is 0 Å². The van der Waals surface area contributed by atoms with Crippen LogP contribution in [-0.2, 0) is 6.61 Å². The van der Waals surface area contributed by atoms with Crippen LogP contribution in [0.25, 0.3) is 0 Å². The maximum absolute atomic E-state index is 9.29. The number of hydrogen-bond acceptors (Lipinski definition) is 3. The average Bonchev–Trinajstić information content (AvgIpc) is 2.48. The van der Waals surface area contributed by atoms with Crippen LogP contribution in [0.15, 0.2) is 42.5 Å². The molecular weight excluding hydrogens is 248 g/mol. The van der Waals surface area contributed by atoms with E-state index in [1.807, 2.05) is 6.07 Å². The highest BCUT2D eigenvalue weighted by Gasteiger charge is 2.21. The molecule has 0 aromatic heterocycles. The highest BCUT2D eigenvalue weighted by atomic mass is 16.3. The molecule has 3 rings (SSSR count). The van der Waals surface area contributed by atoms with E-state index in [4.69, 9.17) is 0 Å². The summed E-state index contributed by atoms with van der Waals surface area (Å²) < 4.78 is 0. The summed E-state index contributed by atoms with van der Waals surface area (Å²) in [5.41, 5.74) is 5.85. The summed E-state index contributed by atoms with van der Waals surface area (Å²) >= 11 is 0. The van der Waals surface area contributed by atoms with Gasteiger partial charge in [0.05, 0.1) is 18.0 Å². The Bertz CT molecular complexity index is 624. The molecule has 0 atom stereocenters. The fraction of sp³-hybridized carbons (Fsp3) is 0.294. The molecule has 3 heteroatoms. The van der Waals surface area contributed by atoms with Crippen LogP contribution in [0.2, 0.25) is 0 Å². The first-order valence-electron chi connectivity index (χ1n) is 6.99. The van der Waals surface area contributed by atoms with E-state index in [9.17, 15) is 5.11 Å². The Morgan fingerprint density at radius 3 is 2.50 bits per heavy atom. The van der Waals surface area contributed by atoms with Gasteiger partial charge in [-0.1, -0.05) is 18.2 Å². The summed E-state index contributed by atoms with van der Waals surface area (Å²) in [6.07, 6.45) is 0. The van der Waals surface area contributed by atoms with Crippen LogP contribution in [0, 0.1) is 6.92 Å². The van der Waals surface area contributed by atoms with E-state index in [2.05, 4.69) is 60.2 Å². The normalized spacial score (nSPS) is 14.3. The first kappa shape index (κ1) is 13.0. The molecule has 104 valence electrons. The zero-order valence-electron chi connectivity index (χ0n) is 12.0. The Labute approximate surface area is 120 Å². The minimum Gasteiger partial charge on any atom is -0.392 e. The smallest absolute Gasteiger partial charge is 0.0684 e. The number of fused-ring (bicyclic) bond motifs is 1. The Kier molecular flexibility index (Phi) is 3.36. The van der Waals surface area contributed by atoms with Crippen molar-refractivity contribution in [1.82, 2.24) is 0 Å². The summed E-state index contributed by atoms with van der Waals surface area (Å²) in [5.74, 6) is 0. The lowest BCUT2D eigenvalue weighted by Gasteiger charge is -2.37. The number of hydrogen-bond donors (Lipinski definition) is 1. The number of nitrogens with zero attached hydrogens (tertiary/aromatic N) is 2. The molecular formula is C17H20N2O. The van der Waals surface area contributed by atoms with Crippen LogP contribution < -0.4 is 9.80 Å². The van der Waals surface area contributed by atoms with Crippen LogP contribution in [0.4, 0.5) is 17.1 Å². The first-order chi connectivity index (χ1) is 9.70. The van der Waals surface area contributed by atoms with E-state index in [1.54, 1.807) is 0 Å². The molecule has 0 saturated heterocycles. The van der Waals surface area contributed by atoms with Gasteiger partial charge in [0.15, 0.2) is 0 Å². The molecule has 2 aromatic carbocycles. The summed E-state index contributed by atoms with van der Waals surface area (Å²) in [6.45, 7) is 4.14. The number of aliphatic hydroxyl groups excluding tert-OH is 1. The molecule has 1 aliphatic rings. The largest absolute Gasteiger partial charge is 0.392 e. The van der Waals surface area contributed by atoms with Crippen molar-refractivity contribution in [3.8, 4) is 0 Å². The standard InChI is InChI=1S/C17H20N2O/c1-13-11-15(8-7-14(13)12-20)19-10-9-18(2)16-5-3-4-6-17(16)19/h3-8,11,20H,9-10,12H2,1-2H3. The fourth-order valence-electron chi connectivity index (χ4n) is 2.80. The molecule has 0 amide bonds. The predicted molar refractivity (Wildman–Crippen MR) is 83.8 cm³/mol. The number of rotatable bonds is 2. The second-order valence-corrected chi connectivity index (χ2v) is 5.33. The summed E-state index contributed by atoms with van der Waals surface area (Å²) in [6, 6.07) is 14.8. The topological polar surface area (TPSA) is 26.7 Å². The molecule has 0 aliphatic carbocycles. The Morgan fingerprint density at radius 1 is 1.05 bits per heavy atom. The SMILES string of the molecule is Cc1cc(N2CCN(C)c3ccccc32)ccc1CO. The number of aliphatic hydroxyl groups is 1. The van der Waals surface area contributed by atoms with Crippen molar-refractivity contribution in [3.63, 3.8) is 0 Å². The van der Waals surface area contributed by atoms with Crippen molar-refractivity contribution in [3.05, 3.63) is 53.6 Å². The highest BCUT2D eigenvalue weighted by molar-refractivity contribution is 5.79. The Morgan fingerprint density at radius 2 is 1.80 bits per heavy atom. The molecule has 0 bridgehead atoms. The maximum atomic E-state index is 9.29. The van der Waals surface area contributed by atoms with Gasteiger partial charge in [0, 0.05) is 25.8 Å². The van der Waals surface area contributed by atoms with Crippen molar-refractivity contribution in [2.45, 2.75) is 13.5 Å². The van der Waals surface area contributed by atoms with Crippen LogP contribution in [0.1, 0.15) is 11.1 Å². The number of anilines is 3. The van der Waals surface area contributed by atoms with Gasteiger partial charge in [-0.05, 0) is 42.3 Å². The molecule has 0 radical (unpaired) electrons. The third kappa shape index (κ3) is 2.14. The minimum atomic E-state index is 0.103. The van der Waals surface area contributed by atoms with Crippen molar-refractivity contribution >= 4 is 17.1 Å². The molecule has 1 N–H and O–H groups in total. The second kappa shape index (κ2) is 5.17. The second-order valence-electron chi connectivity index (χ2n) is 5.33. The lowest BCUT2D eigenvalue weighted by Crippen LogP contribution is -2.36. The average molecular weight is 268 g/mol. The van der Waals surface area contributed by atoms with E-state index in [1.165, 1.54) is 17.1 Å². The van der Waals surface area contributed by atoms with Gasteiger partial charge in [-0.2, -0.15) is 0 Å². The van der Waals surface area contributed by atoms with Crippen molar-refractivity contribution in [2.75, 3.05) is 29.9 Å². The van der Waals surface area contributed by atoms with Crippen LogP contribution in [0.3, 0.4) is 0 Å². The first-order valence-corrected chi connectivity index (χ1v) is 6.99. The van der Waals surface area contributed by atoms with Gasteiger partial charge < -0.3 is 14.9 Å². The highest BCUT2D eigenvalue weighted by Crippen LogP contribution is 2.37. The van der Waals surface area contributed by atoms with Crippen LogP contribution >= 0.6 is 0 Å². The molecule has 0 spiro atoms. The zero-order chi connectivity index (χ0) is 14.1. The quantitative estimate of drug-likeness (QED) is 0.906. The molecule has 0 fully saturated rings. The number of benzene rings is 2. The molecule has 1 heterocycles. The van der Waals surface area contributed by atoms with E-state index in [0.717, 1.165) is 24.2 Å². The van der Waals surface area contributed by atoms with Gasteiger partial charge >= 0.3 is 0 Å². The predicted octanol–water partition coefficient (Wildman–Crippen LogP) is 3.08. The van der Waals surface area contributed by atoms with Crippen LogP contribution in [-0.4, -0.2) is 25.2 Å². The van der Waals surface area contributed by atoms with E-state index < -0.39 is 0 Å². The minimum absolute atomic E-state index is 0.103. The molecule has 2 aromatic rings. The lowest BCUT2D eigenvalue weighted by atomic mass is 10.1. The van der Waals surface area contributed by atoms with E-state index in [-0.39, 0.29) is 6.61 Å². The number of para-hydroxylation sites is 2. The maximum Gasteiger partial charge on any atom is 0.0684 e. The molecule has 1 aliphatic heterocycles. The van der Waals surface area contributed by atoms with E-state index in [0.29, 0.717) is 0 Å². The number of aryl methyl sites for hydroxylation is 1. The lowest BCUT2D eigenvalue weighted by molar-refractivity contribution is 0.281. The van der Waals surface area contributed by atoms with Crippen molar-refractivity contribution in [2.24, 2.45) is 0 Å². The molecule has 0 unspecified atom stereocenters. The van der Waals surface area contributed by atoms with E-state index >= 15 is 0 Å². The summed E-state index contributed by atoms with van der Waals surface area (Å²) in [4.78, 5) is 4.64. The summed E-state index contributed by atoms with van der Waals surface area (Å²) in [7, 11) is 2.14. The van der Waals surface area contributed by atoms with Gasteiger partial charge in [0.1, 0.15) is 0 Å². The summed E-state index contributed by atoms with van der Waals surface area (Å²) in [5, 5.41) is 9.29. The van der Waals surface area contributed by atoms with Gasteiger partial charge in [-0.25, -0.2) is 0 Å². The number of likely N-dealkylation sites (N-methyl/N-ethyl adjacent to an activating group) is 1. The zero-order valence-corrected chi connectivity index (χ0v) is 12.0.